The van der Waals surface area contributed by atoms with Crippen LogP contribution in [0, 0.1) is 0 Å². The summed E-state index contributed by atoms with van der Waals surface area (Å²) in [7, 11) is -8.22. The van der Waals surface area contributed by atoms with Crippen LogP contribution >= 0.6 is 15.2 Å². The molecular weight excluding hydrogens is 294 g/mol. The van der Waals surface area contributed by atoms with E-state index >= 15 is 0 Å². The van der Waals surface area contributed by atoms with Crippen molar-refractivity contribution in [1.29, 1.82) is 0 Å². The van der Waals surface area contributed by atoms with Gasteiger partial charge in [0.25, 0.3) is 0 Å². The Kier molecular flexibility index (Phi) is 12.1. The van der Waals surface area contributed by atoms with Crippen molar-refractivity contribution in [3.63, 3.8) is 0 Å². The van der Waals surface area contributed by atoms with E-state index in [1.54, 1.807) is 0 Å². The van der Waals surface area contributed by atoms with Gasteiger partial charge in [-0.05, 0) is 14.1 Å². The molecule has 0 radical (unpaired) electrons. The quantitative estimate of drug-likeness (QED) is 0.335. The van der Waals surface area contributed by atoms with Gasteiger partial charge in [-0.25, -0.2) is 0 Å². The Morgan fingerprint density at radius 2 is 1.41 bits per heavy atom. The second kappa shape index (κ2) is 8.49. The Morgan fingerprint density at radius 3 is 1.59 bits per heavy atom. The average molecular weight is 307 g/mol. The first kappa shape index (κ1) is 24.3. The van der Waals surface area contributed by atoms with E-state index in [1.165, 1.54) is 19.0 Å². The van der Waals surface area contributed by atoms with Gasteiger partial charge in [0.1, 0.15) is 0 Å². The summed E-state index contributed by atoms with van der Waals surface area (Å²) in [6.07, 6.45) is -0.839. The van der Waals surface area contributed by atoms with Gasteiger partial charge in [-0.2, -0.15) is 0 Å². The molecule has 0 aliphatic rings. The number of nitrogens with zero attached hydrogens (tertiary/aromatic N) is 1. The SMILES string of the molecule is CN(C)CCC(O)(P(=O)([O-])O)P(=O)([O-])O.[Na+].[Na+]. The van der Waals surface area contributed by atoms with Crippen molar-refractivity contribution in [2.24, 2.45) is 0 Å². The number of hydrogen-bond donors (Lipinski definition) is 3. The molecule has 2 unspecified atom stereocenters. The van der Waals surface area contributed by atoms with E-state index in [1.807, 2.05) is 0 Å². The van der Waals surface area contributed by atoms with Gasteiger partial charge in [-0.3, -0.25) is 0 Å². The van der Waals surface area contributed by atoms with Crippen molar-refractivity contribution in [3.05, 3.63) is 0 Å². The number of aliphatic hydroxyl groups is 1. The minimum atomic E-state index is -5.61. The van der Waals surface area contributed by atoms with Crippen LogP contribution in [0.25, 0.3) is 0 Å². The molecule has 12 heteroatoms. The maximum absolute atomic E-state index is 10.7. The number of rotatable bonds is 5. The summed E-state index contributed by atoms with van der Waals surface area (Å²) in [4.78, 5) is 39.9. The molecule has 17 heavy (non-hydrogen) atoms. The molecule has 0 aromatic rings. The molecule has 3 N–H and O–H groups in total. The summed E-state index contributed by atoms with van der Waals surface area (Å²) in [5.74, 6) is 0. The van der Waals surface area contributed by atoms with Crippen LogP contribution in [0.3, 0.4) is 0 Å². The fourth-order valence-electron chi connectivity index (χ4n) is 0.816. The fraction of sp³-hybridized carbons (Fsp3) is 1.00. The molecular formula is C5H13NNa2O7P2. The Labute approximate surface area is 144 Å². The van der Waals surface area contributed by atoms with Crippen molar-refractivity contribution in [1.82, 2.24) is 4.90 Å². The molecule has 0 amide bonds. The van der Waals surface area contributed by atoms with Gasteiger partial charge in [0, 0.05) is 13.0 Å². The third-order valence-electron chi connectivity index (χ3n) is 1.80. The molecule has 0 heterocycles. The first-order chi connectivity index (χ1) is 6.42. The first-order valence-electron chi connectivity index (χ1n) is 3.87. The van der Waals surface area contributed by atoms with E-state index < -0.39 is 26.7 Å². The van der Waals surface area contributed by atoms with Crippen molar-refractivity contribution < 1.29 is 92.9 Å². The van der Waals surface area contributed by atoms with Crippen LogP contribution in [-0.4, -0.2) is 45.5 Å². The third-order valence-corrected chi connectivity index (χ3v) is 5.57. The molecule has 0 aliphatic carbocycles. The summed E-state index contributed by atoms with van der Waals surface area (Å²) >= 11 is 0. The average Bonchev–Trinajstić information content (AvgIpc) is 1.95. The Balaban J connectivity index is -0.000000980. The van der Waals surface area contributed by atoms with Crippen LogP contribution < -0.4 is 68.9 Å². The predicted octanol–water partition coefficient (Wildman–Crippen LogP) is -8.32. The maximum Gasteiger partial charge on any atom is 1.00 e. The van der Waals surface area contributed by atoms with E-state index in [0.29, 0.717) is 0 Å². The van der Waals surface area contributed by atoms with Crippen molar-refractivity contribution in [3.8, 4) is 0 Å². The van der Waals surface area contributed by atoms with Gasteiger partial charge in [-0.1, -0.05) is 0 Å². The molecule has 0 fully saturated rings. The molecule has 0 aromatic carbocycles. The van der Waals surface area contributed by atoms with E-state index in [2.05, 4.69) is 0 Å². The van der Waals surface area contributed by atoms with Crippen LogP contribution in [0.5, 0.6) is 0 Å². The van der Waals surface area contributed by atoms with Crippen LogP contribution in [0.4, 0.5) is 0 Å². The van der Waals surface area contributed by atoms with E-state index in [0.717, 1.165) is 0 Å². The molecule has 0 aromatic heterocycles. The summed E-state index contributed by atoms with van der Waals surface area (Å²) in [6, 6.07) is 0. The topological polar surface area (TPSA) is 144 Å². The minimum Gasteiger partial charge on any atom is -0.776 e. The molecule has 8 nitrogen and oxygen atoms in total. The van der Waals surface area contributed by atoms with Crippen LogP contribution in [0.1, 0.15) is 6.42 Å². The molecule has 0 rings (SSSR count). The van der Waals surface area contributed by atoms with Crippen LogP contribution in [-0.2, 0) is 9.13 Å². The van der Waals surface area contributed by atoms with Crippen molar-refractivity contribution in [2.45, 2.75) is 11.5 Å². The fourth-order valence-corrected chi connectivity index (χ4v) is 2.86. The summed E-state index contributed by atoms with van der Waals surface area (Å²) in [6.45, 7) is -0.143. The van der Waals surface area contributed by atoms with Crippen molar-refractivity contribution >= 4 is 15.2 Å². The molecule has 0 aliphatic heterocycles. The molecule has 0 bridgehead atoms. The standard InChI is InChI=1S/C5H15NO7P2.2Na/c1-6(2)4-3-5(7,14(8,9)10)15(11,12)13;;/h7H,3-4H2,1-2H3,(H2,8,9,10)(H2,11,12,13);;/q;2*+1/p-2. The zero-order valence-corrected chi connectivity index (χ0v) is 16.0. The van der Waals surface area contributed by atoms with E-state index in [9.17, 15) is 24.0 Å². The Bertz CT molecular complexity index is 291. The second-order valence-corrected chi connectivity index (χ2v) is 7.28. The predicted molar refractivity (Wildman–Crippen MR) is 47.8 cm³/mol. The van der Waals surface area contributed by atoms with Gasteiger partial charge in [-0.15, -0.1) is 0 Å². The smallest absolute Gasteiger partial charge is 0.776 e. The summed E-state index contributed by atoms with van der Waals surface area (Å²) < 4.78 is 21.4. The van der Waals surface area contributed by atoms with Gasteiger partial charge in [0.2, 0.25) is 0 Å². The summed E-state index contributed by atoms with van der Waals surface area (Å²) in [5.41, 5.74) is 0. The molecule has 92 valence electrons. The van der Waals surface area contributed by atoms with Gasteiger partial charge in [0.05, 0.1) is 0 Å². The largest absolute Gasteiger partial charge is 1.00 e. The van der Waals surface area contributed by atoms with Crippen LogP contribution in [0.15, 0.2) is 0 Å². The maximum atomic E-state index is 10.7. The van der Waals surface area contributed by atoms with E-state index in [-0.39, 0.29) is 65.7 Å². The van der Waals surface area contributed by atoms with E-state index in [4.69, 9.17) is 9.79 Å². The second-order valence-electron chi connectivity index (χ2n) is 3.37. The summed E-state index contributed by atoms with van der Waals surface area (Å²) in [5, 5.41) is 5.73. The first-order valence-corrected chi connectivity index (χ1v) is 7.02. The molecule has 0 spiro atoms. The molecule has 2 atom stereocenters. The Morgan fingerprint density at radius 1 is 1.12 bits per heavy atom. The zero-order valence-electron chi connectivity index (χ0n) is 10.2. The van der Waals surface area contributed by atoms with Gasteiger partial charge >= 0.3 is 59.1 Å². The molecule has 0 saturated carbocycles. The van der Waals surface area contributed by atoms with Crippen LogP contribution in [0.2, 0.25) is 0 Å². The zero-order chi connectivity index (χ0) is 12.5. The van der Waals surface area contributed by atoms with Gasteiger partial charge < -0.3 is 38.7 Å². The Hall–Kier alpha value is 2.22. The third kappa shape index (κ3) is 6.97. The normalized spacial score (nSPS) is 21.4. The number of hydrogen-bond acceptors (Lipinski definition) is 6. The van der Waals surface area contributed by atoms with Crippen molar-refractivity contribution in [2.75, 3.05) is 20.6 Å². The molecule has 0 saturated heterocycles. The monoisotopic (exact) mass is 307 g/mol. The van der Waals surface area contributed by atoms with Gasteiger partial charge in [0.15, 0.2) is 20.3 Å². The minimum absolute atomic E-state index is 0.